The molecule has 2 N–H and O–H groups in total. The molecule has 62 heavy (non-hydrogen) atoms. The summed E-state index contributed by atoms with van der Waals surface area (Å²) < 4.78 is 61.2. The van der Waals surface area contributed by atoms with Gasteiger partial charge in [-0.3, -0.25) is 4.79 Å². The highest BCUT2D eigenvalue weighted by atomic mass is 35.5. The predicted molar refractivity (Wildman–Crippen MR) is 232 cm³/mol. The van der Waals surface area contributed by atoms with Crippen molar-refractivity contribution in [2.45, 2.75) is 66.2 Å². The molecular formula is C45H68ClN3O13. The van der Waals surface area contributed by atoms with Crippen LogP contribution in [0.5, 0.6) is 11.5 Å². The summed E-state index contributed by atoms with van der Waals surface area (Å²) in [4.78, 5) is 24.8. The molecule has 2 aromatic rings. The van der Waals surface area contributed by atoms with E-state index in [9.17, 15) is 9.59 Å². The van der Waals surface area contributed by atoms with Crippen LogP contribution >= 0.6 is 11.6 Å². The molecule has 1 aliphatic rings. The van der Waals surface area contributed by atoms with Crippen molar-refractivity contribution < 1.29 is 61.7 Å². The van der Waals surface area contributed by atoms with Gasteiger partial charge in [0.1, 0.15) is 35.9 Å². The van der Waals surface area contributed by atoms with Crippen molar-refractivity contribution in [2.75, 3.05) is 119 Å². The average molecular weight is 895 g/mol. The van der Waals surface area contributed by atoms with Gasteiger partial charge in [0.25, 0.3) is 5.91 Å². The second kappa shape index (κ2) is 28.1. The fraction of sp³-hybridized carbons (Fsp3) is 0.667. The van der Waals surface area contributed by atoms with Gasteiger partial charge in [0, 0.05) is 35.0 Å². The minimum absolute atomic E-state index is 0.145. The smallest absolute Gasteiger partial charge is 0.407 e. The van der Waals surface area contributed by atoms with Gasteiger partial charge in [-0.25, -0.2) is 4.79 Å². The van der Waals surface area contributed by atoms with E-state index in [0.29, 0.717) is 147 Å². The second-order valence-corrected chi connectivity index (χ2v) is 16.9. The number of rotatable bonds is 32. The molecule has 0 atom stereocenters. The summed E-state index contributed by atoms with van der Waals surface area (Å²) in [5, 5.41) is 15.3. The number of alkyl carbamates (subject to hydrolysis) is 1. The third-order valence-electron chi connectivity index (χ3n) is 9.56. The Balaban J connectivity index is 1.06. The normalized spacial score (nSPS) is 16.5. The summed E-state index contributed by atoms with van der Waals surface area (Å²) >= 11 is 6.21. The Bertz CT molecular complexity index is 1620. The minimum atomic E-state index is -0.522. The molecular weight excluding hydrogens is 826 g/mol. The molecule has 1 fully saturated rings. The minimum Gasteiger partial charge on any atom is -0.491 e. The van der Waals surface area contributed by atoms with E-state index in [1.807, 2.05) is 20.8 Å². The van der Waals surface area contributed by atoms with Crippen molar-refractivity contribution in [1.82, 2.24) is 10.6 Å². The molecule has 0 aromatic heterocycles. The van der Waals surface area contributed by atoms with Gasteiger partial charge in [-0.05, 0) is 57.2 Å². The number of amides is 2. The van der Waals surface area contributed by atoms with Crippen molar-refractivity contribution in [3.05, 3.63) is 58.6 Å². The van der Waals surface area contributed by atoms with Gasteiger partial charge < -0.3 is 62.7 Å². The maximum atomic E-state index is 13.2. The Morgan fingerprint density at radius 3 is 1.48 bits per heavy atom. The first-order valence-electron chi connectivity index (χ1n) is 21.1. The lowest BCUT2D eigenvalue weighted by Gasteiger charge is -2.63. The quantitative estimate of drug-likeness (QED) is 0.0833. The summed E-state index contributed by atoms with van der Waals surface area (Å²) in [6, 6.07) is 14.0. The molecule has 1 aliphatic carbocycles. The lowest BCUT2D eigenvalue weighted by atomic mass is 9.49. The first-order valence-corrected chi connectivity index (χ1v) is 21.5. The van der Waals surface area contributed by atoms with Crippen LogP contribution in [0, 0.1) is 22.2 Å². The molecule has 17 heteroatoms. The van der Waals surface area contributed by atoms with Crippen LogP contribution in [-0.2, 0) is 42.6 Å². The molecule has 0 saturated heterocycles. The Hall–Kier alpha value is -3.76. The molecule has 348 valence electrons. The Labute approximate surface area is 372 Å². The zero-order valence-electron chi connectivity index (χ0n) is 37.6. The number of carbonyl (C=O) groups excluding carboxylic acids is 2. The topological polar surface area (TPSA) is 184 Å². The highest BCUT2D eigenvalue weighted by molar-refractivity contribution is 6.31. The summed E-state index contributed by atoms with van der Waals surface area (Å²) in [5.41, 5.74) is -0.325. The number of hydrogen-bond acceptors (Lipinski definition) is 14. The van der Waals surface area contributed by atoms with Crippen LogP contribution in [0.4, 0.5) is 4.79 Å². The van der Waals surface area contributed by atoms with Crippen LogP contribution in [0.25, 0.3) is 0 Å². The fourth-order valence-electron chi connectivity index (χ4n) is 6.91. The zero-order valence-corrected chi connectivity index (χ0v) is 38.3. The third kappa shape index (κ3) is 19.7. The first-order chi connectivity index (χ1) is 29.6. The zero-order chi connectivity index (χ0) is 45.3. The number of ether oxygens (including phenoxy) is 11. The lowest BCUT2D eigenvalue weighted by molar-refractivity contribution is -0.164. The number of hydrogen-bond donors (Lipinski definition) is 2. The van der Waals surface area contributed by atoms with Crippen LogP contribution < -0.4 is 20.1 Å². The molecule has 0 aliphatic heterocycles. The van der Waals surface area contributed by atoms with E-state index < -0.39 is 11.7 Å². The summed E-state index contributed by atoms with van der Waals surface area (Å²) in [5.74, 6) is 1.05. The van der Waals surface area contributed by atoms with Gasteiger partial charge in [-0.2, -0.15) is 5.26 Å². The van der Waals surface area contributed by atoms with Crippen molar-refractivity contribution in [3.8, 4) is 17.6 Å². The predicted octanol–water partition coefficient (Wildman–Crippen LogP) is 5.86. The Kier molecular flexibility index (Phi) is 23.8. The Morgan fingerprint density at radius 1 is 0.645 bits per heavy atom. The first kappa shape index (κ1) is 52.6. The van der Waals surface area contributed by atoms with Gasteiger partial charge in [0.2, 0.25) is 0 Å². The molecule has 0 spiro atoms. The highest BCUT2D eigenvalue weighted by Gasteiger charge is 2.64. The van der Waals surface area contributed by atoms with Gasteiger partial charge in [0.15, 0.2) is 0 Å². The van der Waals surface area contributed by atoms with Gasteiger partial charge in [0.05, 0.1) is 116 Å². The number of nitrogens with zero attached hydrogens (tertiary/aromatic N) is 1. The van der Waals surface area contributed by atoms with Crippen LogP contribution in [0.3, 0.4) is 0 Å². The third-order valence-corrected chi connectivity index (χ3v) is 9.87. The second-order valence-electron chi connectivity index (χ2n) is 16.5. The molecule has 1 saturated carbocycles. The van der Waals surface area contributed by atoms with E-state index >= 15 is 0 Å². The maximum Gasteiger partial charge on any atom is 0.407 e. The van der Waals surface area contributed by atoms with Gasteiger partial charge in [-0.1, -0.05) is 39.3 Å². The van der Waals surface area contributed by atoms with E-state index in [-0.39, 0.29) is 28.9 Å². The molecule has 0 unspecified atom stereocenters. The van der Waals surface area contributed by atoms with Gasteiger partial charge >= 0.3 is 6.09 Å². The lowest BCUT2D eigenvalue weighted by Crippen LogP contribution is -2.74. The van der Waals surface area contributed by atoms with Crippen molar-refractivity contribution >= 4 is 23.6 Å². The average Bonchev–Trinajstić information content (AvgIpc) is 3.22. The number of nitriles is 1. The number of benzene rings is 2. The summed E-state index contributed by atoms with van der Waals surface area (Å²) in [6.07, 6.45) is -0.651. The molecule has 0 radical (unpaired) electrons. The maximum absolute atomic E-state index is 13.2. The van der Waals surface area contributed by atoms with Crippen LogP contribution in [-0.4, -0.2) is 149 Å². The summed E-state index contributed by atoms with van der Waals surface area (Å²) in [6.45, 7) is 21.6. The fourth-order valence-corrected chi connectivity index (χ4v) is 7.12. The molecule has 3 rings (SSSR count). The van der Waals surface area contributed by atoms with Gasteiger partial charge in [-0.15, -0.1) is 0 Å². The molecule has 16 nitrogen and oxygen atoms in total. The molecule has 2 aromatic carbocycles. The number of carbonyl (C=O) groups is 2. The van der Waals surface area contributed by atoms with Crippen molar-refractivity contribution in [3.63, 3.8) is 0 Å². The standard InChI is InChI=1S/C45H68ClN3O13/c1-43(2,3)62-42(51)48-14-15-52-16-17-53-18-19-54-20-21-55-22-23-56-24-25-57-26-27-58-28-29-59-30-31-60-36-11-8-34(9-12-36)39(50)49-40-44(4,5)41(45(40,6)7)61-37-13-10-35(33-47)38(46)32-37/h8-13,32,40-41H,14-31H2,1-7H3,(H,48,51)(H,49,50). The molecule has 0 bridgehead atoms. The van der Waals surface area contributed by atoms with E-state index in [1.165, 1.54) is 0 Å². The SMILES string of the molecule is CC(C)(C)OC(=O)NCCOCCOCCOCCOCCOCCOCCOCCOCCOc1ccc(C(=O)NC2C(C)(C)C(Oc3ccc(C#N)c(Cl)c3)C2(C)C)cc1. The molecule has 2 amide bonds. The van der Waals surface area contributed by atoms with E-state index in [1.54, 1.807) is 42.5 Å². The van der Waals surface area contributed by atoms with Crippen molar-refractivity contribution in [1.29, 1.82) is 5.26 Å². The van der Waals surface area contributed by atoms with E-state index in [4.69, 9.17) is 69.0 Å². The van der Waals surface area contributed by atoms with Crippen LogP contribution in [0.2, 0.25) is 5.02 Å². The Morgan fingerprint density at radius 2 is 1.06 bits per heavy atom. The highest BCUT2D eigenvalue weighted by Crippen LogP contribution is 2.55. The van der Waals surface area contributed by atoms with Crippen LogP contribution in [0.1, 0.15) is 64.4 Å². The summed E-state index contributed by atoms with van der Waals surface area (Å²) in [7, 11) is 0. The van der Waals surface area contributed by atoms with Crippen molar-refractivity contribution in [2.24, 2.45) is 10.8 Å². The monoisotopic (exact) mass is 893 g/mol. The largest absolute Gasteiger partial charge is 0.491 e. The van der Waals surface area contributed by atoms with E-state index in [0.717, 1.165) is 0 Å². The molecule has 0 heterocycles. The van der Waals surface area contributed by atoms with E-state index in [2.05, 4.69) is 44.4 Å². The number of halogens is 1. The number of nitrogens with one attached hydrogen (secondary N) is 2. The van der Waals surface area contributed by atoms with Crippen LogP contribution in [0.15, 0.2) is 42.5 Å².